The summed E-state index contributed by atoms with van der Waals surface area (Å²) in [5.74, 6) is 1.89. The van der Waals surface area contributed by atoms with Gasteiger partial charge in [-0.05, 0) is 44.1 Å². The summed E-state index contributed by atoms with van der Waals surface area (Å²) in [7, 11) is 1.84. The van der Waals surface area contributed by atoms with Gasteiger partial charge in [-0.1, -0.05) is 0 Å². The van der Waals surface area contributed by atoms with Crippen molar-refractivity contribution in [2.24, 2.45) is 0 Å². The summed E-state index contributed by atoms with van der Waals surface area (Å²) in [6.07, 6.45) is 9.73. The molecule has 0 bridgehead atoms. The van der Waals surface area contributed by atoms with Gasteiger partial charge in [0.2, 0.25) is 0 Å². The summed E-state index contributed by atoms with van der Waals surface area (Å²) >= 11 is 0. The van der Waals surface area contributed by atoms with Gasteiger partial charge in [0.25, 0.3) is 0 Å². The normalized spacial score (nSPS) is 15.1. The number of pyridine rings is 2. The van der Waals surface area contributed by atoms with E-state index in [0.29, 0.717) is 23.2 Å². The lowest BCUT2D eigenvalue weighted by atomic mass is 10.1. The molecule has 0 aliphatic carbocycles. The second kappa shape index (κ2) is 7.21. The molecule has 1 saturated heterocycles. The summed E-state index contributed by atoms with van der Waals surface area (Å²) in [5.41, 5.74) is 9.55. The van der Waals surface area contributed by atoms with E-state index in [1.54, 1.807) is 12.4 Å². The van der Waals surface area contributed by atoms with Crippen LogP contribution < -0.4 is 16.4 Å². The molecule has 4 aromatic heterocycles. The number of hydrogen-bond donors (Lipinski definition) is 3. The SMILES string of the molecule is CNc1ccc(-c2cc3c(-c4cnn(C5CCNCC5)c4)cnc(N)c3o2)cn1. The second-order valence-electron chi connectivity index (χ2n) is 7.28. The van der Waals surface area contributed by atoms with Crippen molar-refractivity contribution in [2.75, 3.05) is 31.2 Å². The van der Waals surface area contributed by atoms with Crippen LogP contribution in [0.2, 0.25) is 0 Å². The largest absolute Gasteiger partial charge is 0.452 e. The molecule has 0 saturated carbocycles. The first-order valence-electron chi connectivity index (χ1n) is 9.80. The van der Waals surface area contributed by atoms with Crippen molar-refractivity contribution >= 4 is 22.6 Å². The van der Waals surface area contributed by atoms with Crippen LogP contribution in [0.1, 0.15) is 18.9 Å². The fourth-order valence-electron chi connectivity index (χ4n) is 3.85. The lowest BCUT2D eigenvalue weighted by molar-refractivity contribution is 0.343. The van der Waals surface area contributed by atoms with E-state index < -0.39 is 0 Å². The van der Waals surface area contributed by atoms with Gasteiger partial charge in [0.15, 0.2) is 11.4 Å². The predicted octanol–water partition coefficient (Wildman–Crippen LogP) is 3.30. The molecular weight excluding hydrogens is 366 g/mol. The van der Waals surface area contributed by atoms with Gasteiger partial charge in [0.05, 0.1) is 12.2 Å². The van der Waals surface area contributed by atoms with Crippen molar-refractivity contribution in [3.63, 3.8) is 0 Å². The van der Waals surface area contributed by atoms with E-state index in [2.05, 4.69) is 36.6 Å². The molecule has 0 atom stereocenters. The van der Waals surface area contributed by atoms with E-state index in [4.69, 9.17) is 10.2 Å². The zero-order chi connectivity index (χ0) is 19.8. The molecule has 1 aliphatic rings. The summed E-state index contributed by atoms with van der Waals surface area (Å²) in [5, 5.41) is 11.9. The van der Waals surface area contributed by atoms with Gasteiger partial charge in [-0.3, -0.25) is 4.68 Å². The van der Waals surface area contributed by atoms with Crippen LogP contribution in [-0.4, -0.2) is 39.9 Å². The molecule has 29 heavy (non-hydrogen) atoms. The van der Waals surface area contributed by atoms with Gasteiger partial charge in [0, 0.05) is 47.7 Å². The highest BCUT2D eigenvalue weighted by Crippen LogP contribution is 2.36. The van der Waals surface area contributed by atoms with Crippen molar-refractivity contribution in [2.45, 2.75) is 18.9 Å². The molecule has 0 aromatic carbocycles. The molecule has 5 heterocycles. The Bertz CT molecular complexity index is 1140. The molecule has 0 spiro atoms. The van der Waals surface area contributed by atoms with Gasteiger partial charge in [-0.25, -0.2) is 9.97 Å². The number of anilines is 2. The summed E-state index contributed by atoms with van der Waals surface area (Å²) in [4.78, 5) is 8.72. The highest BCUT2D eigenvalue weighted by Gasteiger charge is 2.19. The molecule has 4 aromatic rings. The second-order valence-corrected chi connectivity index (χ2v) is 7.28. The van der Waals surface area contributed by atoms with Crippen molar-refractivity contribution in [1.29, 1.82) is 0 Å². The number of fused-ring (bicyclic) bond motifs is 1. The first-order chi connectivity index (χ1) is 14.2. The Balaban J connectivity index is 1.55. The van der Waals surface area contributed by atoms with Gasteiger partial charge < -0.3 is 20.8 Å². The number of nitrogens with one attached hydrogen (secondary N) is 2. The van der Waals surface area contributed by atoms with Crippen molar-refractivity contribution in [3.05, 3.63) is 43.0 Å². The molecule has 1 fully saturated rings. The van der Waals surface area contributed by atoms with E-state index in [9.17, 15) is 0 Å². The third-order valence-electron chi connectivity index (χ3n) is 5.49. The predicted molar refractivity (Wildman–Crippen MR) is 114 cm³/mol. The van der Waals surface area contributed by atoms with Gasteiger partial charge in [0.1, 0.15) is 11.6 Å². The number of aromatic nitrogens is 4. The monoisotopic (exact) mass is 389 g/mol. The maximum Gasteiger partial charge on any atom is 0.177 e. The fraction of sp³-hybridized carbons (Fsp3) is 0.286. The average molecular weight is 389 g/mol. The summed E-state index contributed by atoms with van der Waals surface area (Å²) in [6, 6.07) is 6.31. The minimum absolute atomic E-state index is 0.376. The number of rotatable bonds is 4. The number of nitrogens with zero attached hydrogens (tertiary/aromatic N) is 4. The number of furan rings is 1. The number of nitrogen functional groups attached to an aromatic ring is 1. The van der Waals surface area contributed by atoms with Crippen molar-refractivity contribution < 1.29 is 4.42 Å². The number of hydrogen-bond acceptors (Lipinski definition) is 7. The zero-order valence-electron chi connectivity index (χ0n) is 16.2. The van der Waals surface area contributed by atoms with Crippen LogP contribution in [0.15, 0.2) is 47.4 Å². The Morgan fingerprint density at radius 3 is 2.76 bits per heavy atom. The highest BCUT2D eigenvalue weighted by atomic mass is 16.3. The van der Waals surface area contributed by atoms with E-state index in [0.717, 1.165) is 53.8 Å². The molecule has 4 N–H and O–H groups in total. The molecule has 0 amide bonds. The Labute approximate surface area is 168 Å². The molecule has 8 nitrogen and oxygen atoms in total. The summed E-state index contributed by atoms with van der Waals surface area (Å²) in [6.45, 7) is 2.05. The number of piperidine rings is 1. The van der Waals surface area contributed by atoms with Gasteiger partial charge in [-0.15, -0.1) is 0 Å². The third-order valence-corrected chi connectivity index (χ3v) is 5.49. The van der Waals surface area contributed by atoms with E-state index in [1.807, 2.05) is 31.4 Å². The molecule has 5 rings (SSSR count). The van der Waals surface area contributed by atoms with Gasteiger partial charge >= 0.3 is 0 Å². The van der Waals surface area contributed by atoms with Crippen LogP contribution in [0.25, 0.3) is 33.4 Å². The minimum Gasteiger partial charge on any atom is -0.452 e. The summed E-state index contributed by atoms with van der Waals surface area (Å²) < 4.78 is 8.13. The lowest BCUT2D eigenvalue weighted by Gasteiger charge is -2.22. The smallest absolute Gasteiger partial charge is 0.177 e. The first-order valence-corrected chi connectivity index (χ1v) is 9.80. The van der Waals surface area contributed by atoms with Crippen LogP contribution in [-0.2, 0) is 0 Å². The van der Waals surface area contributed by atoms with Crippen molar-refractivity contribution in [3.8, 4) is 22.5 Å². The lowest BCUT2D eigenvalue weighted by Crippen LogP contribution is -2.29. The fourth-order valence-corrected chi connectivity index (χ4v) is 3.85. The zero-order valence-corrected chi connectivity index (χ0v) is 16.2. The highest BCUT2D eigenvalue weighted by molar-refractivity contribution is 6.00. The van der Waals surface area contributed by atoms with E-state index in [1.165, 1.54) is 0 Å². The maximum atomic E-state index is 6.10. The molecule has 148 valence electrons. The Morgan fingerprint density at radius 2 is 2.00 bits per heavy atom. The molecule has 0 unspecified atom stereocenters. The van der Waals surface area contributed by atoms with Gasteiger partial charge in [-0.2, -0.15) is 5.10 Å². The standard InChI is InChI=1S/C21H23N7O/c1-23-19-3-2-13(9-25-19)18-8-16-17(11-26-21(22)20(16)29-18)14-10-27-28(12-14)15-4-6-24-7-5-15/h2-3,8-12,15,24H,4-7H2,1H3,(H2,22,26)(H,23,25). The third kappa shape index (κ3) is 3.21. The Morgan fingerprint density at radius 1 is 1.14 bits per heavy atom. The van der Waals surface area contributed by atoms with Crippen LogP contribution in [0.3, 0.4) is 0 Å². The number of nitrogens with two attached hydrogens (primary N) is 1. The molecule has 8 heteroatoms. The topological polar surface area (TPSA) is 107 Å². The molecule has 0 radical (unpaired) electrons. The first kappa shape index (κ1) is 17.7. The minimum atomic E-state index is 0.376. The van der Waals surface area contributed by atoms with Crippen LogP contribution in [0.4, 0.5) is 11.6 Å². The van der Waals surface area contributed by atoms with E-state index >= 15 is 0 Å². The van der Waals surface area contributed by atoms with E-state index in [-0.39, 0.29) is 0 Å². The average Bonchev–Trinajstić information content (AvgIpc) is 3.43. The Kier molecular flexibility index (Phi) is 4.40. The van der Waals surface area contributed by atoms with Crippen molar-refractivity contribution in [1.82, 2.24) is 25.1 Å². The quantitative estimate of drug-likeness (QED) is 0.491. The van der Waals surface area contributed by atoms with Crippen LogP contribution in [0, 0.1) is 0 Å². The van der Waals surface area contributed by atoms with Crippen LogP contribution >= 0.6 is 0 Å². The van der Waals surface area contributed by atoms with Crippen LogP contribution in [0.5, 0.6) is 0 Å². The molecule has 1 aliphatic heterocycles. The maximum absolute atomic E-state index is 6.10. The molecular formula is C21H23N7O. The Hall–Kier alpha value is -3.39.